The number of oxazole rings is 2. The number of piperidine rings is 2. The SMILES string of the molecule is CN=C/C(=C\N)c1cccc(NC(=O)c2cc3oc(N4CCOCC4)nc3nc2N2CCC(C)(O)CC2)n1.Cn1cc(-c2cccc(NC(=O)c3cc4oc(N5CCOCC5)nc4nc3N3CCC4(CCO4)CC3)n2)cn1. The summed E-state index contributed by atoms with van der Waals surface area (Å²) in [6.07, 6.45) is 10.7. The molecule has 1 spiro atoms. The molecule has 0 aromatic carbocycles. The van der Waals surface area contributed by atoms with E-state index in [-0.39, 0.29) is 17.4 Å². The van der Waals surface area contributed by atoms with E-state index in [1.807, 2.05) is 47.0 Å². The molecule has 12 rings (SSSR count). The summed E-state index contributed by atoms with van der Waals surface area (Å²) in [7, 11) is 3.50. The van der Waals surface area contributed by atoms with Gasteiger partial charge in [-0.05, 0) is 63.3 Å². The second-order valence-electron chi connectivity index (χ2n) is 19.9. The molecule has 7 aromatic rings. The first kappa shape index (κ1) is 51.1. The largest absolute Gasteiger partial charge is 0.422 e. The van der Waals surface area contributed by atoms with Crippen LogP contribution in [-0.4, -0.2) is 166 Å². The van der Waals surface area contributed by atoms with Crippen LogP contribution in [0.5, 0.6) is 0 Å². The van der Waals surface area contributed by atoms with Crippen molar-refractivity contribution in [1.29, 1.82) is 0 Å². The van der Waals surface area contributed by atoms with Crippen LogP contribution in [0.1, 0.15) is 65.4 Å². The molecule has 0 saturated carbocycles. The first-order valence-electron chi connectivity index (χ1n) is 26.0. The molecular weight excluding hydrogens is 989 g/mol. The zero-order chi connectivity index (χ0) is 53.1. The summed E-state index contributed by atoms with van der Waals surface area (Å²) in [5.41, 5.74) is 10.3. The number of fused-ring (bicyclic) bond motifs is 2. The molecule has 7 aromatic heterocycles. The maximum absolute atomic E-state index is 13.7. The number of anilines is 6. The second-order valence-corrected chi connectivity index (χ2v) is 19.9. The van der Waals surface area contributed by atoms with Crippen molar-refractivity contribution in [2.75, 3.05) is 123 Å². The molecule has 2 amide bonds. The van der Waals surface area contributed by atoms with Crippen LogP contribution in [-0.2, 0) is 21.3 Å². The number of ether oxygens (including phenoxy) is 3. The number of allylic oxidation sites excluding steroid dienone is 1. The molecule has 5 N–H and O–H groups in total. The number of nitrogens with zero attached hydrogens (tertiary/aromatic N) is 13. The van der Waals surface area contributed by atoms with E-state index >= 15 is 0 Å². The Bertz CT molecular complexity index is 3310. The van der Waals surface area contributed by atoms with Gasteiger partial charge in [-0.25, -0.2) is 19.9 Å². The molecule has 0 atom stereocenters. The molecular formula is C53H62N16O8. The monoisotopic (exact) mass is 1050 g/mol. The van der Waals surface area contributed by atoms with E-state index in [1.165, 1.54) is 6.20 Å². The number of hydrogen-bond acceptors (Lipinski definition) is 21. The minimum atomic E-state index is -0.749. The number of rotatable bonds is 11. The lowest BCUT2D eigenvalue weighted by atomic mass is 9.84. The zero-order valence-corrected chi connectivity index (χ0v) is 43.4. The predicted octanol–water partition coefficient (Wildman–Crippen LogP) is 4.92. The van der Waals surface area contributed by atoms with Crippen molar-refractivity contribution in [3.63, 3.8) is 0 Å². The van der Waals surface area contributed by atoms with E-state index in [0.29, 0.717) is 159 Å². The van der Waals surface area contributed by atoms with Crippen molar-refractivity contribution < 1.29 is 37.7 Å². The Morgan fingerprint density at radius 2 is 1.22 bits per heavy atom. The lowest BCUT2D eigenvalue weighted by Gasteiger charge is -2.48. The number of nitrogens with one attached hydrogen (secondary N) is 2. The van der Waals surface area contributed by atoms with E-state index in [0.717, 1.165) is 50.2 Å². The molecule has 5 fully saturated rings. The number of aliphatic imine (C=N–C) groups is 1. The Morgan fingerprint density at radius 1 is 0.688 bits per heavy atom. The van der Waals surface area contributed by atoms with Gasteiger partial charge in [0.05, 0.1) is 72.9 Å². The molecule has 402 valence electrons. The summed E-state index contributed by atoms with van der Waals surface area (Å²) in [4.78, 5) is 67.6. The van der Waals surface area contributed by atoms with Gasteiger partial charge in [0.15, 0.2) is 11.2 Å². The lowest BCUT2D eigenvalue weighted by molar-refractivity contribution is -0.158. The molecule has 5 saturated heterocycles. The second kappa shape index (κ2) is 21.9. The van der Waals surface area contributed by atoms with Crippen LogP contribution >= 0.6 is 0 Å². The van der Waals surface area contributed by atoms with E-state index in [1.54, 1.807) is 60.5 Å². The molecule has 24 heteroatoms. The Hall–Kier alpha value is -8.06. The lowest BCUT2D eigenvalue weighted by Crippen LogP contribution is -2.52. The minimum absolute atomic E-state index is 0.0168. The Morgan fingerprint density at radius 3 is 1.71 bits per heavy atom. The highest BCUT2D eigenvalue weighted by molar-refractivity contribution is 6.11. The molecule has 12 heterocycles. The summed E-state index contributed by atoms with van der Waals surface area (Å²) in [5.74, 6) is 1.20. The third kappa shape index (κ3) is 11.3. The highest BCUT2D eigenvalue weighted by Gasteiger charge is 2.42. The predicted molar refractivity (Wildman–Crippen MR) is 290 cm³/mol. The molecule has 5 aliphatic heterocycles. The van der Waals surface area contributed by atoms with Crippen LogP contribution < -0.4 is 36.0 Å². The van der Waals surface area contributed by atoms with Crippen molar-refractivity contribution in [2.24, 2.45) is 17.8 Å². The van der Waals surface area contributed by atoms with Crippen molar-refractivity contribution in [1.82, 2.24) is 39.7 Å². The van der Waals surface area contributed by atoms with Crippen molar-refractivity contribution >= 4 is 81.4 Å². The van der Waals surface area contributed by atoms with Crippen molar-refractivity contribution in [3.8, 4) is 11.3 Å². The number of carbonyl (C=O) groups is 2. The van der Waals surface area contributed by atoms with E-state index in [2.05, 4.69) is 45.6 Å². The average molecular weight is 1050 g/mol. The highest BCUT2D eigenvalue weighted by Crippen LogP contribution is 2.39. The average Bonchev–Trinajstić information content (AvgIpc) is 4.24. The third-order valence-corrected chi connectivity index (χ3v) is 14.6. The Labute approximate surface area is 443 Å². The van der Waals surface area contributed by atoms with Crippen LogP contribution in [0.4, 0.5) is 35.3 Å². The van der Waals surface area contributed by atoms with Gasteiger partial charge in [-0.3, -0.25) is 19.3 Å². The van der Waals surface area contributed by atoms with Gasteiger partial charge in [-0.15, -0.1) is 0 Å². The summed E-state index contributed by atoms with van der Waals surface area (Å²) < 4.78 is 30.6. The van der Waals surface area contributed by atoms with E-state index in [9.17, 15) is 14.7 Å². The molecule has 0 radical (unpaired) electrons. The van der Waals surface area contributed by atoms with Gasteiger partial charge in [0.1, 0.15) is 23.3 Å². The number of carbonyl (C=O) groups excluding carboxylic acids is 2. The number of morpholine rings is 2. The summed E-state index contributed by atoms with van der Waals surface area (Å²) >= 11 is 0. The third-order valence-electron chi connectivity index (χ3n) is 14.6. The molecule has 5 aliphatic rings. The standard InChI is InChI=1S/C27H30N8O4.C26H32N8O4/c1-33-17-18(16-28-33)20-3-2-4-22(29-20)30-25(36)19-15-21-23(32-26(39-21)35-10-13-37-14-11-35)31-24(19)34-8-5-27(6-9-34)7-12-38-27;1-26(36)6-8-33(9-7-26)23-18(14-20-22(31-23)32-25(38-20)34-10-12-37-13-11-34)24(35)30-21-5-3-4-19(29-21)17(15-27)16-28-2/h2-4,15-17H,5-14H2,1H3,(H,29,30,36);3-5,14-16,36H,6-13,27H2,1-2H3,(H,29,30,35)/b;17-15+,28-16?. The van der Waals surface area contributed by atoms with Gasteiger partial charge in [-0.2, -0.15) is 15.1 Å². The van der Waals surface area contributed by atoms with Crippen LogP contribution in [0.2, 0.25) is 0 Å². The number of amides is 2. The minimum Gasteiger partial charge on any atom is -0.422 e. The quantitative estimate of drug-likeness (QED) is 0.125. The van der Waals surface area contributed by atoms with Crippen LogP contribution in [0.15, 0.2) is 81.0 Å². The van der Waals surface area contributed by atoms with E-state index < -0.39 is 5.60 Å². The number of aliphatic hydroxyl groups is 1. The van der Waals surface area contributed by atoms with Gasteiger partial charge in [0.2, 0.25) is 11.3 Å². The molecule has 24 nitrogen and oxygen atoms in total. The van der Waals surface area contributed by atoms with Gasteiger partial charge in [0, 0.05) is 108 Å². The number of hydrogen-bond donors (Lipinski definition) is 4. The van der Waals surface area contributed by atoms with Crippen LogP contribution in [0, 0.1) is 0 Å². The molecule has 0 bridgehead atoms. The smallest absolute Gasteiger partial charge is 0.300 e. The topological polar surface area (TPSA) is 279 Å². The maximum atomic E-state index is 13.7. The Balaban J connectivity index is 0.000000164. The summed E-state index contributed by atoms with van der Waals surface area (Å²) in [6, 6.07) is 15.2. The van der Waals surface area contributed by atoms with Gasteiger partial charge >= 0.3 is 0 Å². The van der Waals surface area contributed by atoms with Gasteiger partial charge in [0.25, 0.3) is 23.8 Å². The Kier molecular flexibility index (Phi) is 14.5. The first-order chi connectivity index (χ1) is 37.4. The molecule has 77 heavy (non-hydrogen) atoms. The fourth-order valence-electron chi connectivity index (χ4n) is 9.98. The van der Waals surface area contributed by atoms with Crippen LogP contribution in [0.25, 0.3) is 39.3 Å². The number of aryl methyl sites for hydroxylation is 1. The van der Waals surface area contributed by atoms with Crippen molar-refractivity contribution in [3.05, 3.63) is 83.9 Å². The zero-order valence-electron chi connectivity index (χ0n) is 43.4. The molecule has 0 unspecified atom stereocenters. The summed E-state index contributed by atoms with van der Waals surface area (Å²) in [5, 5.41) is 20.5. The summed E-state index contributed by atoms with van der Waals surface area (Å²) in [6.45, 7) is 10.4. The van der Waals surface area contributed by atoms with Crippen molar-refractivity contribution in [2.45, 2.75) is 50.2 Å². The van der Waals surface area contributed by atoms with Gasteiger partial charge < -0.3 is 64.1 Å². The maximum Gasteiger partial charge on any atom is 0.300 e. The highest BCUT2D eigenvalue weighted by atomic mass is 16.5. The first-order valence-corrected chi connectivity index (χ1v) is 26.0. The molecule has 0 aliphatic carbocycles. The fraction of sp³-hybridized carbons (Fsp3) is 0.434. The fourth-order valence-corrected chi connectivity index (χ4v) is 9.98. The van der Waals surface area contributed by atoms with E-state index in [4.69, 9.17) is 38.7 Å². The van der Waals surface area contributed by atoms with Crippen LogP contribution in [0.3, 0.4) is 0 Å². The number of pyridine rings is 4. The number of aromatic nitrogens is 8. The van der Waals surface area contributed by atoms with Gasteiger partial charge in [-0.1, -0.05) is 12.1 Å². The normalized spacial score (nSPS) is 18.6. The number of nitrogens with two attached hydrogens (primary N) is 1.